The third-order valence-corrected chi connectivity index (χ3v) is 4.62. The molecule has 1 amide bonds. The van der Waals surface area contributed by atoms with Gasteiger partial charge >= 0.3 is 0 Å². The van der Waals surface area contributed by atoms with Crippen molar-refractivity contribution in [2.75, 3.05) is 0 Å². The lowest BCUT2D eigenvalue weighted by atomic mass is 9.88. The summed E-state index contributed by atoms with van der Waals surface area (Å²) in [5, 5.41) is 3.03. The first kappa shape index (κ1) is 16.3. The number of carbonyl (C=O) groups is 1. The van der Waals surface area contributed by atoms with Gasteiger partial charge in [0.1, 0.15) is 0 Å². The molecular weight excluding hydrogens is 324 g/mol. The van der Waals surface area contributed by atoms with Gasteiger partial charge in [-0.2, -0.15) is 0 Å². The number of fused-ring (bicyclic) bond motifs is 1. The molecule has 0 saturated carbocycles. The molecule has 0 aliphatic heterocycles. The second-order valence-electron chi connectivity index (χ2n) is 6.34. The molecule has 1 unspecified atom stereocenters. The number of rotatable bonds is 3. The molecule has 1 heterocycles. The molecule has 26 heavy (non-hydrogen) atoms. The fraction of sp³-hybridized carbons (Fsp3) is 0.136. The summed E-state index contributed by atoms with van der Waals surface area (Å²) in [6.07, 6.45) is 6.56. The molecule has 0 spiro atoms. The van der Waals surface area contributed by atoms with E-state index in [1.807, 2.05) is 12.1 Å². The smallest absolute Gasteiger partial charge is 0.255 e. The summed E-state index contributed by atoms with van der Waals surface area (Å²) in [7, 11) is 0. The normalized spacial score (nSPS) is 15.9. The van der Waals surface area contributed by atoms with E-state index < -0.39 is 0 Å². The lowest BCUT2D eigenvalue weighted by molar-refractivity contribution is 0.0941. The summed E-state index contributed by atoms with van der Waals surface area (Å²) < 4.78 is 1.54. The molecule has 0 bridgehead atoms. The second-order valence-corrected chi connectivity index (χ2v) is 6.34. The van der Waals surface area contributed by atoms with E-state index in [0.29, 0.717) is 5.56 Å². The summed E-state index contributed by atoms with van der Waals surface area (Å²) >= 11 is 0. The van der Waals surface area contributed by atoms with Crippen LogP contribution in [0.15, 0.2) is 77.7 Å². The Hall–Kier alpha value is -3.14. The minimum absolute atomic E-state index is 0.0891. The SMILES string of the molecule is O=C(NC1[C]Cc2ccccc2C1)c1ccc(-n2ccccc2=O)cc1. The molecule has 0 fully saturated rings. The number of amides is 1. The topological polar surface area (TPSA) is 51.1 Å². The van der Waals surface area contributed by atoms with Gasteiger partial charge in [-0.3, -0.25) is 14.2 Å². The molecule has 128 valence electrons. The summed E-state index contributed by atoms with van der Waals surface area (Å²) in [5.41, 5.74) is 3.73. The van der Waals surface area contributed by atoms with Gasteiger partial charge in [-0.15, -0.1) is 0 Å². The highest BCUT2D eigenvalue weighted by Gasteiger charge is 2.21. The Morgan fingerprint density at radius 3 is 2.46 bits per heavy atom. The molecule has 0 saturated heterocycles. The van der Waals surface area contributed by atoms with Crippen molar-refractivity contribution < 1.29 is 4.79 Å². The Labute approximate surface area is 152 Å². The van der Waals surface area contributed by atoms with Gasteiger partial charge in [0.25, 0.3) is 11.5 Å². The van der Waals surface area contributed by atoms with Crippen LogP contribution in [0.3, 0.4) is 0 Å². The van der Waals surface area contributed by atoms with Crippen molar-refractivity contribution >= 4 is 5.91 Å². The van der Waals surface area contributed by atoms with Gasteiger partial charge in [-0.1, -0.05) is 30.3 Å². The lowest BCUT2D eigenvalue weighted by Gasteiger charge is -2.24. The maximum atomic E-state index is 12.5. The van der Waals surface area contributed by atoms with Gasteiger partial charge in [0.2, 0.25) is 0 Å². The number of carbonyl (C=O) groups excluding carboxylic acids is 1. The largest absolute Gasteiger partial charge is 0.348 e. The minimum Gasteiger partial charge on any atom is -0.348 e. The first-order valence-corrected chi connectivity index (χ1v) is 8.60. The van der Waals surface area contributed by atoms with Crippen molar-refractivity contribution in [3.05, 3.63) is 106 Å². The highest BCUT2D eigenvalue weighted by Crippen LogP contribution is 2.20. The van der Waals surface area contributed by atoms with E-state index in [0.717, 1.165) is 18.5 Å². The number of pyridine rings is 1. The van der Waals surface area contributed by atoms with E-state index in [1.165, 1.54) is 17.2 Å². The van der Waals surface area contributed by atoms with Crippen LogP contribution in [0.4, 0.5) is 0 Å². The maximum Gasteiger partial charge on any atom is 0.255 e. The van der Waals surface area contributed by atoms with E-state index in [4.69, 9.17) is 0 Å². The second kappa shape index (κ2) is 7.00. The minimum atomic E-state index is -0.131. The third-order valence-electron chi connectivity index (χ3n) is 4.62. The molecule has 2 radical (unpaired) electrons. The third kappa shape index (κ3) is 3.31. The molecule has 3 aromatic rings. The van der Waals surface area contributed by atoms with Crippen LogP contribution in [0.2, 0.25) is 0 Å². The van der Waals surface area contributed by atoms with Crippen LogP contribution in [0.5, 0.6) is 0 Å². The predicted octanol–water partition coefficient (Wildman–Crippen LogP) is 2.82. The highest BCUT2D eigenvalue weighted by molar-refractivity contribution is 5.94. The summed E-state index contributed by atoms with van der Waals surface area (Å²) in [5.74, 6) is -0.131. The van der Waals surface area contributed by atoms with Crippen molar-refractivity contribution in [2.45, 2.75) is 18.9 Å². The zero-order chi connectivity index (χ0) is 17.9. The highest BCUT2D eigenvalue weighted by atomic mass is 16.1. The zero-order valence-corrected chi connectivity index (χ0v) is 14.2. The zero-order valence-electron chi connectivity index (χ0n) is 14.2. The quantitative estimate of drug-likeness (QED) is 0.796. The van der Waals surface area contributed by atoms with E-state index in [9.17, 15) is 9.59 Å². The van der Waals surface area contributed by atoms with Gasteiger partial charge < -0.3 is 5.32 Å². The molecule has 4 rings (SSSR count). The van der Waals surface area contributed by atoms with Gasteiger partial charge in [-0.05, 0) is 54.3 Å². The fourth-order valence-corrected chi connectivity index (χ4v) is 3.21. The Morgan fingerprint density at radius 2 is 1.69 bits per heavy atom. The number of nitrogens with zero attached hydrogens (tertiary/aromatic N) is 1. The van der Waals surface area contributed by atoms with Crippen molar-refractivity contribution in [3.63, 3.8) is 0 Å². The molecule has 1 atom stereocenters. The molecule has 4 nitrogen and oxygen atoms in total. The maximum absolute atomic E-state index is 12.5. The van der Waals surface area contributed by atoms with Crippen LogP contribution in [0, 0.1) is 6.42 Å². The van der Waals surface area contributed by atoms with E-state index >= 15 is 0 Å². The van der Waals surface area contributed by atoms with Crippen molar-refractivity contribution in [1.29, 1.82) is 0 Å². The first-order valence-electron chi connectivity index (χ1n) is 8.60. The fourth-order valence-electron chi connectivity index (χ4n) is 3.21. The Morgan fingerprint density at radius 1 is 0.962 bits per heavy atom. The molecule has 4 heteroatoms. The molecule has 1 aromatic heterocycles. The van der Waals surface area contributed by atoms with Crippen LogP contribution in [-0.2, 0) is 12.8 Å². The van der Waals surface area contributed by atoms with Crippen LogP contribution in [-0.4, -0.2) is 16.5 Å². The molecule has 1 aliphatic rings. The first-order chi connectivity index (χ1) is 12.7. The number of hydrogen-bond donors (Lipinski definition) is 1. The summed E-state index contributed by atoms with van der Waals surface area (Å²) in [6.45, 7) is 0. The average molecular weight is 342 g/mol. The summed E-state index contributed by atoms with van der Waals surface area (Å²) in [6, 6.07) is 20.2. The Balaban J connectivity index is 1.46. The van der Waals surface area contributed by atoms with Crippen LogP contribution >= 0.6 is 0 Å². The molecule has 2 aromatic carbocycles. The number of hydrogen-bond acceptors (Lipinski definition) is 2. The van der Waals surface area contributed by atoms with E-state index in [2.05, 4.69) is 23.9 Å². The van der Waals surface area contributed by atoms with Crippen LogP contribution in [0.25, 0.3) is 5.69 Å². The van der Waals surface area contributed by atoms with Gasteiger partial charge in [0, 0.05) is 36.0 Å². The summed E-state index contributed by atoms with van der Waals surface area (Å²) in [4.78, 5) is 24.4. The number of nitrogens with one attached hydrogen (secondary N) is 1. The van der Waals surface area contributed by atoms with Crippen molar-refractivity contribution in [2.24, 2.45) is 0 Å². The standard InChI is InChI=1S/C22H18N2O2/c25-21-7-3-4-14-24(21)20-12-9-17(10-13-20)22(26)23-19-11-8-16-5-1-2-6-18(16)15-19/h1-7,9-10,12-14,19H,8,15H2,(H,23,26). The van der Waals surface area contributed by atoms with E-state index in [1.54, 1.807) is 47.2 Å². The number of aromatic nitrogens is 1. The average Bonchev–Trinajstić information content (AvgIpc) is 2.68. The van der Waals surface area contributed by atoms with Crippen LogP contribution in [0.1, 0.15) is 21.5 Å². The molecular formula is C22H18N2O2. The number of benzene rings is 2. The predicted molar refractivity (Wildman–Crippen MR) is 100 cm³/mol. The van der Waals surface area contributed by atoms with Gasteiger partial charge in [0.05, 0.1) is 0 Å². The van der Waals surface area contributed by atoms with Gasteiger partial charge in [0.15, 0.2) is 0 Å². The van der Waals surface area contributed by atoms with Crippen molar-refractivity contribution in [3.8, 4) is 5.69 Å². The molecule has 1 aliphatic carbocycles. The Bertz CT molecular complexity index is 989. The van der Waals surface area contributed by atoms with Crippen LogP contribution < -0.4 is 10.9 Å². The Kier molecular flexibility index (Phi) is 4.40. The lowest BCUT2D eigenvalue weighted by Crippen LogP contribution is -2.39. The monoisotopic (exact) mass is 342 g/mol. The van der Waals surface area contributed by atoms with Crippen molar-refractivity contribution in [1.82, 2.24) is 9.88 Å². The van der Waals surface area contributed by atoms with E-state index in [-0.39, 0.29) is 17.5 Å². The molecule has 1 N–H and O–H groups in total. The van der Waals surface area contributed by atoms with Gasteiger partial charge in [-0.25, -0.2) is 0 Å².